The van der Waals surface area contributed by atoms with Gasteiger partial charge in [0.05, 0.1) is 6.07 Å². The molecule has 2 unspecified atom stereocenters. The van der Waals surface area contributed by atoms with E-state index in [1.165, 1.54) is 23.9 Å². The number of hydrogen-bond acceptors (Lipinski definition) is 4. The summed E-state index contributed by atoms with van der Waals surface area (Å²) < 4.78 is 54.1. The minimum absolute atomic E-state index is 0.0181. The second-order valence-corrected chi connectivity index (χ2v) is 9.96. The van der Waals surface area contributed by atoms with Crippen LogP contribution in [0.25, 0.3) is 0 Å². The van der Waals surface area contributed by atoms with Crippen LogP contribution in [0.3, 0.4) is 0 Å². The molecule has 5 nitrogen and oxygen atoms in total. The van der Waals surface area contributed by atoms with E-state index < -0.39 is 40.8 Å². The number of hydrogen-bond donors (Lipinski definition) is 1. The number of aryl methyl sites for hydroxylation is 1. The molecule has 0 spiro atoms. The normalized spacial score (nSPS) is 25.6. The van der Waals surface area contributed by atoms with Crippen molar-refractivity contribution < 1.29 is 27.2 Å². The Labute approximate surface area is 181 Å². The van der Waals surface area contributed by atoms with Gasteiger partial charge in [0.25, 0.3) is 0 Å². The number of thioether (sulfide) groups is 1. The van der Waals surface area contributed by atoms with Gasteiger partial charge in [-0.15, -0.1) is 11.8 Å². The van der Waals surface area contributed by atoms with E-state index in [-0.39, 0.29) is 31.1 Å². The highest BCUT2D eigenvalue weighted by Crippen LogP contribution is 2.59. The summed E-state index contributed by atoms with van der Waals surface area (Å²) in [5.41, 5.74) is -2.72. The zero-order valence-corrected chi connectivity index (χ0v) is 17.6. The standard InChI is InChI=1S/C21H21F4N3O2S/c1-12-8-13(22)2-3-16(12)31-14-9-15(17(29)27-19(11-26)4-5-19)28(10-14)18(30)20(6-7-20)21(23,24)25/h2-3,8,14-15H,4-7,9-10H2,1H3,(H,27,29). The first-order valence-corrected chi connectivity index (χ1v) is 10.9. The summed E-state index contributed by atoms with van der Waals surface area (Å²) in [6.45, 7) is 1.70. The number of likely N-dealkylation sites (tertiary alicyclic amines) is 1. The van der Waals surface area contributed by atoms with Crippen molar-refractivity contribution in [3.8, 4) is 6.07 Å². The largest absolute Gasteiger partial charge is 0.403 e. The lowest BCUT2D eigenvalue weighted by Crippen LogP contribution is -2.53. The molecule has 2 saturated carbocycles. The Kier molecular flexibility index (Phi) is 5.23. The summed E-state index contributed by atoms with van der Waals surface area (Å²) >= 11 is 1.32. The molecule has 3 aliphatic rings. The Morgan fingerprint density at radius 1 is 1.26 bits per heavy atom. The Hall–Kier alpha value is -2.28. The van der Waals surface area contributed by atoms with Gasteiger partial charge in [0.2, 0.25) is 11.8 Å². The van der Waals surface area contributed by atoms with E-state index in [2.05, 4.69) is 5.32 Å². The third kappa shape index (κ3) is 4.00. The molecule has 1 aromatic carbocycles. The molecular formula is C21H21F4N3O2S. The predicted octanol–water partition coefficient (Wildman–Crippen LogP) is 3.71. The molecule has 2 atom stereocenters. The van der Waals surface area contributed by atoms with Crippen LogP contribution in [0.5, 0.6) is 0 Å². The van der Waals surface area contributed by atoms with Crippen molar-refractivity contribution in [1.82, 2.24) is 10.2 Å². The number of alkyl halides is 3. The molecule has 4 rings (SSSR count). The van der Waals surface area contributed by atoms with E-state index in [0.29, 0.717) is 18.4 Å². The highest BCUT2D eigenvalue weighted by molar-refractivity contribution is 8.00. The lowest BCUT2D eigenvalue weighted by Gasteiger charge is -2.29. The van der Waals surface area contributed by atoms with Gasteiger partial charge in [0.15, 0.2) is 0 Å². The summed E-state index contributed by atoms with van der Waals surface area (Å²) in [7, 11) is 0. The number of benzene rings is 1. The van der Waals surface area contributed by atoms with E-state index in [4.69, 9.17) is 0 Å². The SMILES string of the molecule is Cc1cc(F)ccc1SC1CC(C(=O)NC2(C#N)CC2)N(C(=O)C2(C(F)(F)F)CC2)C1. The van der Waals surface area contributed by atoms with Gasteiger partial charge in [0, 0.05) is 16.7 Å². The zero-order valence-electron chi connectivity index (χ0n) is 16.8. The molecule has 31 heavy (non-hydrogen) atoms. The molecule has 1 aliphatic heterocycles. The van der Waals surface area contributed by atoms with Gasteiger partial charge >= 0.3 is 6.18 Å². The van der Waals surface area contributed by atoms with E-state index in [0.717, 1.165) is 9.80 Å². The fourth-order valence-electron chi connectivity index (χ4n) is 4.01. The third-order valence-corrected chi connectivity index (χ3v) is 7.67. The highest BCUT2D eigenvalue weighted by Gasteiger charge is 2.70. The number of carbonyl (C=O) groups is 2. The molecule has 1 aromatic rings. The van der Waals surface area contributed by atoms with Gasteiger partial charge in [0.1, 0.15) is 22.8 Å². The number of nitrogens with zero attached hydrogens (tertiary/aromatic N) is 2. The first-order valence-electron chi connectivity index (χ1n) is 10.0. The molecule has 0 radical (unpaired) electrons. The van der Waals surface area contributed by atoms with Crippen LogP contribution in [0, 0.1) is 29.5 Å². The van der Waals surface area contributed by atoms with E-state index >= 15 is 0 Å². The molecule has 0 aromatic heterocycles. The number of halogens is 4. The van der Waals surface area contributed by atoms with Crippen molar-refractivity contribution in [2.24, 2.45) is 5.41 Å². The molecular weight excluding hydrogens is 434 g/mol. The van der Waals surface area contributed by atoms with Crippen molar-refractivity contribution in [3.63, 3.8) is 0 Å². The van der Waals surface area contributed by atoms with Crippen LogP contribution in [-0.4, -0.2) is 46.3 Å². The first kappa shape index (κ1) is 21.9. The molecule has 2 amide bonds. The number of rotatable bonds is 5. The minimum atomic E-state index is -4.67. The van der Waals surface area contributed by atoms with Crippen molar-refractivity contribution >= 4 is 23.6 Å². The van der Waals surface area contributed by atoms with E-state index in [1.807, 2.05) is 6.07 Å². The molecule has 1 N–H and O–H groups in total. The second kappa shape index (κ2) is 7.40. The minimum Gasteiger partial charge on any atom is -0.336 e. The summed E-state index contributed by atoms with van der Waals surface area (Å²) in [6.07, 6.45) is -4.11. The smallest absolute Gasteiger partial charge is 0.336 e. The molecule has 1 heterocycles. The summed E-state index contributed by atoms with van der Waals surface area (Å²) in [5.74, 6) is -2.06. The van der Waals surface area contributed by atoms with Crippen LogP contribution >= 0.6 is 11.8 Å². The molecule has 10 heteroatoms. The maximum absolute atomic E-state index is 13.6. The Balaban J connectivity index is 1.56. The van der Waals surface area contributed by atoms with Crippen molar-refractivity contribution in [2.45, 2.75) is 66.9 Å². The average Bonchev–Trinajstić information content (AvgIpc) is 3.61. The van der Waals surface area contributed by atoms with Crippen molar-refractivity contribution in [1.29, 1.82) is 5.26 Å². The monoisotopic (exact) mass is 455 g/mol. The number of carbonyl (C=O) groups excluding carboxylic acids is 2. The summed E-state index contributed by atoms with van der Waals surface area (Å²) in [4.78, 5) is 27.6. The van der Waals surface area contributed by atoms with Crippen LogP contribution in [0.4, 0.5) is 17.6 Å². The van der Waals surface area contributed by atoms with E-state index in [1.54, 1.807) is 13.0 Å². The van der Waals surface area contributed by atoms with Crippen LogP contribution in [0.1, 0.15) is 37.7 Å². The zero-order chi connectivity index (χ0) is 22.6. The van der Waals surface area contributed by atoms with Gasteiger partial charge in [-0.05, 0) is 62.8 Å². The lowest BCUT2D eigenvalue weighted by molar-refractivity contribution is -0.199. The van der Waals surface area contributed by atoms with Gasteiger partial charge < -0.3 is 10.2 Å². The van der Waals surface area contributed by atoms with E-state index in [9.17, 15) is 32.4 Å². The number of amides is 2. The van der Waals surface area contributed by atoms with Gasteiger partial charge in [-0.2, -0.15) is 18.4 Å². The fraction of sp³-hybridized carbons (Fsp3) is 0.571. The average molecular weight is 455 g/mol. The Bertz CT molecular complexity index is 966. The maximum Gasteiger partial charge on any atom is 0.403 e. The van der Waals surface area contributed by atoms with Crippen molar-refractivity contribution in [2.75, 3.05) is 6.54 Å². The fourth-order valence-corrected chi connectivity index (χ4v) is 5.27. The summed E-state index contributed by atoms with van der Waals surface area (Å²) in [6, 6.07) is 5.19. The summed E-state index contributed by atoms with van der Waals surface area (Å²) in [5, 5.41) is 11.5. The predicted molar refractivity (Wildman–Crippen MR) is 104 cm³/mol. The molecule has 3 fully saturated rings. The number of nitrogens with one attached hydrogen (secondary N) is 1. The topological polar surface area (TPSA) is 73.2 Å². The van der Waals surface area contributed by atoms with Crippen LogP contribution in [0.15, 0.2) is 23.1 Å². The van der Waals surface area contributed by atoms with Gasteiger partial charge in [-0.3, -0.25) is 9.59 Å². The molecule has 166 valence electrons. The van der Waals surface area contributed by atoms with Gasteiger partial charge in [-0.25, -0.2) is 4.39 Å². The van der Waals surface area contributed by atoms with Gasteiger partial charge in [-0.1, -0.05) is 0 Å². The Morgan fingerprint density at radius 2 is 1.94 bits per heavy atom. The Morgan fingerprint density at radius 3 is 2.45 bits per heavy atom. The molecule has 1 saturated heterocycles. The lowest BCUT2D eigenvalue weighted by atomic mass is 10.0. The first-order chi connectivity index (χ1) is 14.5. The second-order valence-electron chi connectivity index (χ2n) is 8.62. The molecule has 0 bridgehead atoms. The molecule has 2 aliphatic carbocycles. The third-order valence-electron chi connectivity index (χ3n) is 6.29. The van der Waals surface area contributed by atoms with Crippen LogP contribution in [0.2, 0.25) is 0 Å². The van der Waals surface area contributed by atoms with Crippen LogP contribution < -0.4 is 5.32 Å². The highest BCUT2D eigenvalue weighted by atomic mass is 32.2. The maximum atomic E-state index is 13.6. The number of nitriles is 1. The van der Waals surface area contributed by atoms with Crippen LogP contribution in [-0.2, 0) is 9.59 Å². The van der Waals surface area contributed by atoms with Crippen molar-refractivity contribution in [3.05, 3.63) is 29.6 Å². The quantitative estimate of drug-likeness (QED) is 0.687.